The molecule has 11 nitrogen and oxygen atoms in total. The quantitative estimate of drug-likeness (QED) is 0.283. The predicted octanol–water partition coefficient (Wildman–Crippen LogP) is 2.54. The van der Waals surface area contributed by atoms with Gasteiger partial charge in [0.25, 0.3) is 11.6 Å². The molecule has 1 aliphatic heterocycles. The van der Waals surface area contributed by atoms with Crippen molar-refractivity contribution in [1.29, 1.82) is 0 Å². The minimum Gasteiger partial charge on any atom is -0.350 e. The molecule has 36 heavy (non-hydrogen) atoms. The smallest absolute Gasteiger partial charge is 0.325 e. The lowest BCUT2D eigenvalue weighted by atomic mass is 9.92. The van der Waals surface area contributed by atoms with Gasteiger partial charge >= 0.3 is 6.03 Å². The third-order valence-corrected chi connectivity index (χ3v) is 6.40. The van der Waals surface area contributed by atoms with Gasteiger partial charge in [0.2, 0.25) is 5.91 Å². The molecule has 186 valence electrons. The molecule has 1 fully saturated rings. The van der Waals surface area contributed by atoms with E-state index < -0.39 is 34.9 Å². The molecule has 2 aromatic carbocycles. The number of nitro benzene ring substituents is 1. The van der Waals surface area contributed by atoms with Gasteiger partial charge in [0.05, 0.1) is 17.2 Å². The van der Waals surface area contributed by atoms with E-state index in [2.05, 4.69) is 15.7 Å². The Kier molecular flexibility index (Phi) is 6.56. The highest BCUT2D eigenvalue weighted by atomic mass is 16.6. The zero-order valence-corrected chi connectivity index (χ0v) is 20.1. The van der Waals surface area contributed by atoms with Crippen molar-refractivity contribution >= 4 is 23.5 Å². The Bertz CT molecular complexity index is 1330. The first-order chi connectivity index (χ1) is 17.1. The first-order valence-electron chi connectivity index (χ1n) is 11.3. The van der Waals surface area contributed by atoms with Gasteiger partial charge in [-0.25, -0.2) is 4.79 Å². The molecule has 1 atom stereocenters. The van der Waals surface area contributed by atoms with Crippen LogP contribution < -0.4 is 10.6 Å². The lowest BCUT2D eigenvalue weighted by molar-refractivity contribution is -0.384. The molecule has 4 amide bonds. The number of non-ortho nitro benzene ring substituents is 1. The minimum absolute atomic E-state index is 0.131. The van der Waals surface area contributed by atoms with Gasteiger partial charge in [-0.15, -0.1) is 0 Å². The Balaban J connectivity index is 1.40. The van der Waals surface area contributed by atoms with E-state index in [1.165, 1.54) is 31.2 Å². The van der Waals surface area contributed by atoms with Gasteiger partial charge in [-0.05, 0) is 44.0 Å². The Morgan fingerprint density at radius 1 is 1.11 bits per heavy atom. The highest BCUT2D eigenvalue weighted by Gasteiger charge is 2.49. The van der Waals surface area contributed by atoms with E-state index in [1.54, 1.807) is 0 Å². The molecule has 0 radical (unpaired) electrons. The van der Waals surface area contributed by atoms with Crippen LogP contribution >= 0.6 is 0 Å². The van der Waals surface area contributed by atoms with Gasteiger partial charge < -0.3 is 10.6 Å². The maximum absolute atomic E-state index is 13.1. The van der Waals surface area contributed by atoms with Crippen molar-refractivity contribution < 1.29 is 19.3 Å². The fourth-order valence-electron chi connectivity index (χ4n) is 4.24. The Morgan fingerprint density at radius 2 is 1.78 bits per heavy atom. The summed E-state index contributed by atoms with van der Waals surface area (Å²) in [7, 11) is 0. The fourth-order valence-corrected chi connectivity index (χ4v) is 4.24. The maximum atomic E-state index is 13.1. The van der Waals surface area contributed by atoms with E-state index >= 15 is 0 Å². The average Bonchev–Trinajstić information content (AvgIpc) is 3.24. The number of amides is 4. The van der Waals surface area contributed by atoms with Crippen molar-refractivity contribution in [1.82, 2.24) is 25.3 Å². The molecule has 4 rings (SSSR count). The standard InChI is InChI=1S/C25H26N6O5/c1-16-21(17(2)30(28-16)14-18-7-5-4-6-8-18)13-26-22(32)15-29-23(33)25(3,27-24(29)34)19-9-11-20(12-10-19)31(35)36/h4-12H,13-15H2,1-3H3,(H,26,32)(H,27,34). The number of imide groups is 1. The highest BCUT2D eigenvalue weighted by Crippen LogP contribution is 2.30. The van der Waals surface area contributed by atoms with Crippen molar-refractivity contribution in [2.24, 2.45) is 0 Å². The zero-order chi connectivity index (χ0) is 26.0. The summed E-state index contributed by atoms with van der Waals surface area (Å²) in [4.78, 5) is 49.5. The lowest BCUT2D eigenvalue weighted by Gasteiger charge is -2.22. The minimum atomic E-state index is -1.43. The number of nitrogens with zero attached hydrogens (tertiary/aromatic N) is 4. The molecular formula is C25H26N6O5. The molecule has 1 aliphatic rings. The first-order valence-corrected chi connectivity index (χ1v) is 11.3. The second-order valence-corrected chi connectivity index (χ2v) is 8.82. The summed E-state index contributed by atoms with van der Waals surface area (Å²) < 4.78 is 1.87. The maximum Gasteiger partial charge on any atom is 0.325 e. The van der Waals surface area contributed by atoms with E-state index in [1.807, 2.05) is 48.9 Å². The number of hydrogen-bond donors (Lipinski definition) is 2. The summed E-state index contributed by atoms with van der Waals surface area (Å²) in [6.07, 6.45) is 0. The van der Waals surface area contributed by atoms with E-state index in [9.17, 15) is 24.5 Å². The van der Waals surface area contributed by atoms with Crippen LogP contribution in [-0.4, -0.2) is 44.0 Å². The summed E-state index contributed by atoms with van der Waals surface area (Å²) in [5, 5.41) is 20.8. The summed E-state index contributed by atoms with van der Waals surface area (Å²) in [6.45, 7) is 5.64. The third-order valence-electron chi connectivity index (χ3n) is 6.40. The van der Waals surface area contributed by atoms with Gasteiger partial charge in [0, 0.05) is 29.9 Å². The van der Waals surface area contributed by atoms with Crippen molar-refractivity contribution in [2.45, 2.75) is 39.4 Å². The molecule has 1 unspecified atom stereocenters. The number of hydrogen-bond acceptors (Lipinski definition) is 6. The summed E-state index contributed by atoms with van der Waals surface area (Å²) in [5.41, 5.74) is 2.49. The summed E-state index contributed by atoms with van der Waals surface area (Å²) >= 11 is 0. The molecule has 0 spiro atoms. The largest absolute Gasteiger partial charge is 0.350 e. The Labute approximate surface area is 207 Å². The first kappa shape index (κ1) is 24.6. The van der Waals surface area contributed by atoms with Crippen molar-refractivity contribution in [3.8, 4) is 0 Å². The number of urea groups is 1. The number of nitrogens with one attached hydrogen (secondary N) is 2. The molecule has 2 heterocycles. The molecule has 11 heteroatoms. The molecule has 2 N–H and O–H groups in total. The third kappa shape index (κ3) is 4.67. The van der Waals surface area contributed by atoms with E-state index in [0.717, 1.165) is 27.4 Å². The Hall–Kier alpha value is -4.54. The molecule has 0 saturated carbocycles. The van der Waals surface area contributed by atoms with Crippen molar-refractivity contribution in [2.75, 3.05) is 6.54 Å². The van der Waals surface area contributed by atoms with Crippen LogP contribution in [0.15, 0.2) is 54.6 Å². The van der Waals surface area contributed by atoms with Crippen molar-refractivity contribution in [3.05, 3.63) is 92.8 Å². The van der Waals surface area contributed by atoms with Crippen LogP contribution in [0.3, 0.4) is 0 Å². The van der Waals surface area contributed by atoms with E-state index in [0.29, 0.717) is 12.1 Å². The topological polar surface area (TPSA) is 139 Å². The van der Waals surface area contributed by atoms with Gasteiger partial charge in [-0.1, -0.05) is 30.3 Å². The van der Waals surface area contributed by atoms with Gasteiger partial charge in [0.15, 0.2) is 0 Å². The number of benzene rings is 2. The highest BCUT2D eigenvalue weighted by molar-refractivity contribution is 6.09. The number of carbonyl (C=O) groups is 3. The predicted molar refractivity (Wildman–Crippen MR) is 130 cm³/mol. The molecule has 3 aromatic rings. The van der Waals surface area contributed by atoms with Crippen LogP contribution in [0.2, 0.25) is 0 Å². The summed E-state index contributed by atoms with van der Waals surface area (Å²) in [6, 6.07) is 14.5. The molecule has 0 aliphatic carbocycles. The second kappa shape index (κ2) is 9.61. The van der Waals surface area contributed by atoms with Crippen LogP contribution in [0.4, 0.5) is 10.5 Å². The van der Waals surface area contributed by atoms with Crippen LogP contribution in [0, 0.1) is 24.0 Å². The second-order valence-electron chi connectivity index (χ2n) is 8.82. The number of carbonyl (C=O) groups excluding carboxylic acids is 3. The van der Waals surface area contributed by atoms with E-state index in [4.69, 9.17) is 0 Å². The average molecular weight is 491 g/mol. The van der Waals surface area contributed by atoms with Crippen LogP contribution in [0.5, 0.6) is 0 Å². The van der Waals surface area contributed by atoms with Crippen LogP contribution in [0.1, 0.15) is 35.0 Å². The number of nitro groups is 1. The van der Waals surface area contributed by atoms with Gasteiger partial charge in [0.1, 0.15) is 12.1 Å². The zero-order valence-electron chi connectivity index (χ0n) is 20.1. The van der Waals surface area contributed by atoms with Crippen LogP contribution in [0.25, 0.3) is 0 Å². The Morgan fingerprint density at radius 3 is 2.42 bits per heavy atom. The van der Waals surface area contributed by atoms with Gasteiger partial charge in [-0.2, -0.15) is 5.10 Å². The van der Waals surface area contributed by atoms with E-state index in [-0.39, 0.29) is 12.2 Å². The van der Waals surface area contributed by atoms with Crippen molar-refractivity contribution in [3.63, 3.8) is 0 Å². The molecular weight excluding hydrogens is 464 g/mol. The fraction of sp³-hybridized carbons (Fsp3) is 0.280. The monoisotopic (exact) mass is 490 g/mol. The normalized spacial score (nSPS) is 17.2. The SMILES string of the molecule is Cc1nn(Cc2ccccc2)c(C)c1CNC(=O)CN1C(=O)NC(C)(c2ccc([N+](=O)[O-])cc2)C1=O. The number of aromatic nitrogens is 2. The molecule has 1 aromatic heterocycles. The molecule has 1 saturated heterocycles. The van der Waals surface area contributed by atoms with Gasteiger partial charge in [-0.3, -0.25) is 29.3 Å². The van der Waals surface area contributed by atoms with Crippen LogP contribution in [-0.2, 0) is 28.2 Å². The number of aryl methyl sites for hydroxylation is 1. The lowest BCUT2D eigenvalue weighted by Crippen LogP contribution is -2.43. The molecule has 0 bridgehead atoms. The number of rotatable bonds is 8. The summed E-state index contributed by atoms with van der Waals surface area (Å²) in [5.74, 6) is -1.11.